The number of nitro groups is 1. The molecule has 3 N–H and O–H groups in total. The Morgan fingerprint density at radius 2 is 2.00 bits per heavy atom. The molecule has 2 rings (SSSR count). The lowest BCUT2D eigenvalue weighted by Crippen LogP contribution is -2.02. The number of non-ortho nitro benzene ring substituents is 1. The van der Waals surface area contributed by atoms with Gasteiger partial charge in [0.15, 0.2) is 0 Å². The van der Waals surface area contributed by atoms with E-state index >= 15 is 0 Å². The Labute approximate surface area is 109 Å². The van der Waals surface area contributed by atoms with Gasteiger partial charge in [-0.1, -0.05) is 6.07 Å². The van der Waals surface area contributed by atoms with Crippen LogP contribution in [0.2, 0.25) is 0 Å². The van der Waals surface area contributed by atoms with E-state index in [1.54, 1.807) is 19.1 Å². The van der Waals surface area contributed by atoms with E-state index < -0.39 is 4.92 Å². The molecule has 0 saturated carbocycles. The summed E-state index contributed by atoms with van der Waals surface area (Å²) in [5.74, 6) is 0.666. The summed E-state index contributed by atoms with van der Waals surface area (Å²) in [7, 11) is 0. The SMILES string of the molecule is Cc1cc(Nc2cc([N+](=O)[O-])ccc2C)nc(N)n1. The van der Waals surface area contributed by atoms with Crippen LogP contribution in [0.15, 0.2) is 24.3 Å². The number of rotatable bonds is 3. The minimum atomic E-state index is -0.440. The zero-order valence-electron chi connectivity index (χ0n) is 10.5. The summed E-state index contributed by atoms with van der Waals surface area (Å²) in [5, 5.41) is 13.8. The highest BCUT2D eigenvalue weighted by Gasteiger charge is 2.09. The molecule has 0 spiro atoms. The number of hydrogen-bond acceptors (Lipinski definition) is 6. The Hall–Kier alpha value is -2.70. The number of benzene rings is 1. The maximum atomic E-state index is 10.8. The smallest absolute Gasteiger partial charge is 0.271 e. The number of nitrogens with one attached hydrogen (secondary N) is 1. The van der Waals surface area contributed by atoms with Gasteiger partial charge in [0, 0.05) is 29.6 Å². The van der Waals surface area contributed by atoms with Crippen LogP contribution in [0.1, 0.15) is 11.3 Å². The normalized spacial score (nSPS) is 10.2. The Bertz CT molecular complexity index is 622. The standard InChI is InChI=1S/C12H13N5O2/c1-7-3-4-9(17(18)19)6-10(7)15-11-5-8(2)14-12(13)16-11/h3-6H,1-2H3,(H3,13,14,15,16). The molecule has 0 amide bonds. The second-order valence-electron chi connectivity index (χ2n) is 4.13. The zero-order valence-corrected chi connectivity index (χ0v) is 10.5. The molecule has 0 unspecified atom stereocenters. The fraction of sp³-hybridized carbons (Fsp3) is 0.167. The highest BCUT2D eigenvalue weighted by molar-refractivity contribution is 5.64. The summed E-state index contributed by atoms with van der Waals surface area (Å²) in [4.78, 5) is 18.3. The quantitative estimate of drug-likeness (QED) is 0.647. The van der Waals surface area contributed by atoms with Crippen molar-refractivity contribution in [3.63, 3.8) is 0 Å². The molecule has 2 aromatic rings. The molecule has 98 valence electrons. The fourth-order valence-corrected chi connectivity index (χ4v) is 1.65. The van der Waals surface area contributed by atoms with Crippen LogP contribution >= 0.6 is 0 Å². The van der Waals surface area contributed by atoms with Crippen LogP contribution in [-0.2, 0) is 0 Å². The third-order valence-corrected chi connectivity index (χ3v) is 2.57. The summed E-state index contributed by atoms with van der Waals surface area (Å²) < 4.78 is 0. The van der Waals surface area contributed by atoms with Gasteiger partial charge in [-0.25, -0.2) is 4.98 Å². The molecule has 0 fully saturated rings. The summed E-state index contributed by atoms with van der Waals surface area (Å²) in [5.41, 5.74) is 7.79. The van der Waals surface area contributed by atoms with Crippen LogP contribution in [0, 0.1) is 24.0 Å². The molecule has 0 atom stereocenters. The number of nitro benzene ring substituents is 1. The van der Waals surface area contributed by atoms with E-state index in [4.69, 9.17) is 5.73 Å². The van der Waals surface area contributed by atoms with Crippen LogP contribution in [-0.4, -0.2) is 14.9 Å². The maximum absolute atomic E-state index is 10.8. The molecule has 7 heteroatoms. The van der Waals surface area contributed by atoms with Crippen molar-refractivity contribution in [3.05, 3.63) is 45.6 Å². The van der Waals surface area contributed by atoms with Crippen molar-refractivity contribution in [2.75, 3.05) is 11.1 Å². The molecule has 0 bridgehead atoms. The van der Waals surface area contributed by atoms with Gasteiger partial charge in [-0.15, -0.1) is 0 Å². The van der Waals surface area contributed by atoms with Crippen molar-refractivity contribution in [3.8, 4) is 0 Å². The second kappa shape index (κ2) is 4.89. The molecule has 0 aliphatic heterocycles. The average Bonchev–Trinajstić information content (AvgIpc) is 2.30. The molecule has 0 saturated heterocycles. The minimum absolute atomic E-state index is 0.0202. The third kappa shape index (κ3) is 2.95. The largest absolute Gasteiger partial charge is 0.368 e. The Balaban J connectivity index is 2.37. The first-order valence-electron chi connectivity index (χ1n) is 5.59. The van der Waals surface area contributed by atoms with Gasteiger partial charge >= 0.3 is 0 Å². The lowest BCUT2D eigenvalue weighted by atomic mass is 10.2. The maximum Gasteiger partial charge on any atom is 0.271 e. The lowest BCUT2D eigenvalue weighted by molar-refractivity contribution is -0.384. The fourth-order valence-electron chi connectivity index (χ4n) is 1.65. The van der Waals surface area contributed by atoms with Crippen molar-refractivity contribution in [2.45, 2.75) is 13.8 Å². The molecule has 0 aliphatic rings. The van der Waals surface area contributed by atoms with Gasteiger partial charge < -0.3 is 11.1 Å². The number of nitrogens with two attached hydrogens (primary N) is 1. The molecule has 19 heavy (non-hydrogen) atoms. The van der Waals surface area contributed by atoms with E-state index in [9.17, 15) is 10.1 Å². The van der Waals surface area contributed by atoms with Crippen LogP contribution in [0.5, 0.6) is 0 Å². The average molecular weight is 259 g/mol. The van der Waals surface area contributed by atoms with Crippen molar-refractivity contribution in [1.82, 2.24) is 9.97 Å². The van der Waals surface area contributed by atoms with Crippen LogP contribution in [0.25, 0.3) is 0 Å². The molecular formula is C12H13N5O2. The van der Waals surface area contributed by atoms with E-state index in [2.05, 4.69) is 15.3 Å². The summed E-state index contributed by atoms with van der Waals surface area (Å²) in [6.45, 7) is 3.65. The predicted octanol–water partition coefficient (Wildman–Crippen LogP) is 2.33. The van der Waals surface area contributed by atoms with E-state index in [1.165, 1.54) is 12.1 Å². The van der Waals surface area contributed by atoms with Crippen LogP contribution < -0.4 is 11.1 Å². The van der Waals surface area contributed by atoms with Crippen molar-refractivity contribution < 1.29 is 4.92 Å². The summed E-state index contributed by atoms with van der Waals surface area (Å²) >= 11 is 0. The lowest BCUT2D eigenvalue weighted by Gasteiger charge is -2.09. The Morgan fingerprint density at radius 3 is 2.63 bits per heavy atom. The van der Waals surface area contributed by atoms with Crippen molar-refractivity contribution in [1.29, 1.82) is 0 Å². The number of nitrogen functional groups attached to an aromatic ring is 1. The second-order valence-corrected chi connectivity index (χ2v) is 4.13. The summed E-state index contributed by atoms with van der Waals surface area (Å²) in [6.07, 6.45) is 0. The first-order chi connectivity index (χ1) is 8.95. The monoisotopic (exact) mass is 259 g/mol. The highest BCUT2D eigenvalue weighted by atomic mass is 16.6. The molecular weight excluding hydrogens is 246 g/mol. The molecule has 1 aromatic heterocycles. The Morgan fingerprint density at radius 1 is 1.26 bits per heavy atom. The van der Waals surface area contributed by atoms with Gasteiger partial charge in [0.1, 0.15) is 5.82 Å². The van der Waals surface area contributed by atoms with Gasteiger partial charge in [0.25, 0.3) is 5.69 Å². The highest BCUT2D eigenvalue weighted by Crippen LogP contribution is 2.24. The topological polar surface area (TPSA) is 107 Å². The first-order valence-corrected chi connectivity index (χ1v) is 5.59. The molecule has 1 aromatic carbocycles. The van der Waals surface area contributed by atoms with Crippen molar-refractivity contribution in [2.24, 2.45) is 0 Å². The van der Waals surface area contributed by atoms with Crippen molar-refractivity contribution >= 4 is 23.1 Å². The van der Waals surface area contributed by atoms with Crippen LogP contribution in [0.4, 0.5) is 23.1 Å². The number of aromatic nitrogens is 2. The molecule has 1 heterocycles. The van der Waals surface area contributed by atoms with E-state index in [1.807, 2.05) is 6.92 Å². The number of nitrogens with zero attached hydrogens (tertiary/aromatic N) is 3. The number of hydrogen-bond donors (Lipinski definition) is 2. The predicted molar refractivity (Wildman–Crippen MR) is 72.3 cm³/mol. The third-order valence-electron chi connectivity index (χ3n) is 2.57. The van der Waals surface area contributed by atoms with Gasteiger partial charge in [-0.2, -0.15) is 4.98 Å². The van der Waals surface area contributed by atoms with Gasteiger partial charge in [0.2, 0.25) is 5.95 Å². The number of anilines is 3. The first kappa shape index (κ1) is 12.7. The van der Waals surface area contributed by atoms with Gasteiger partial charge in [-0.05, 0) is 19.4 Å². The minimum Gasteiger partial charge on any atom is -0.368 e. The molecule has 0 aliphatic carbocycles. The molecule has 0 radical (unpaired) electrons. The van der Waals surface area contributed by atoms with Gasteiger partial charge in [-0.3, -0.25) is 10.1 Å². The van der Waals surface area contributed by atoms with E-state index in [-0.39, 0.29) is 11.6 Å². The number of aryl methyl sites for hydroxylation is 2. The van der Waals surface area contributed by atoms with Crippen LogP contribution in [0.3, 0.4) is 0 Å². The van der Waals surface area contributed by atoms with Gasteiger partial charge in [0.05, 0.1) is 4.92 Å². The summed E-state index contributed by atoms with van der Waals surface area (Å²) in [6, 6.07) is 6.32. The Kier molecular flexibility index (Phi) is 3.28. The molecule has 7 nitrogen and oxygen atoms in total. The zero-order chi connectivity index (χ0) is 14.0. The van der Waals surface area contributed by atoms with E-state index in [0.717, 1.165) is 11.3 Å². The van der Waals surface area contributed by atoms with E-state index in [0.29, 0.717) is 11.5 Å².